The van der Waals surface area contributed by atoms with Crippen molar-refractivity contribution >= 4 is 48.7 Å². The molecule has 0 fully saturated rings. The van der Waals surface area contributed by atoms with Gasteiger partial charge in [-0.3, -0.25) is 9.11 Å². The Morgan fingerprint density at radius 2 is 1.18 bits per heavy atom. The fraction of sp³-hybridized carbons (Fsp3) is 0.111. The normalized spacial score (nSPS) is 11.7. The van der Waals surface area contributed by atoms with Gasteiger partial charge in [-0.1, -0.05) is 24.3 Å². The largest absolute Gasteiger partial charge is 0.388 e. The molecule has 4 aromatic carbocycles. The second kappa shape index (κ2) is 10.8. The Kier molecular flexibility index (Phi) is 7.74. The lowest BCUT2D eigenvalue weighted by atomic mass is 10.0. The maximum atomic E-state index is 12.1. The Bertz CT molecular complexity index is 1670. The zero-order valence-electron chi connectivity index (χ0n) is 20.6. The lowest BCUT2D eigenvalue weighted by Crippen LogP contribution is -2.05. The van der Waals surface area contributed by atoms with E-state index in [1.165, 1.54) is 12.1 Å². The third kappa shape index (κ3) is 6.69. The van der Waals surface area contributed by atoms with Crippen LogP contribution in [-0.4, -0.2) is 33.0 Å². The van der Waals surface area contributed by atoms with Gasteiger partial charge in [-0.15, -0.1) is 0 Å². The molecule has 0 aromatic heterocycles. The van der Waals surface area contributed by atoms with E-state index in [2.05, 4.69) is 16.0 Å². The van der Waals surface area contributed by atoms with Crippen molar-refractivity contribution < 1.29 is 25.9 Å². The molecule has 5 N–H and O–H groups in total. The Hall–Kier alpha value is -3.90. The maximum Gasteiger partial charge on any atom is 0.296 e. The van der Waals surface area contributed by atoms with Crippen molar-refractivity contribution in [1.82, 2.24) is 0 Å². The molecule has 0 amide bonds. The molecular formula is C27H27N3O6S2. The first-order chi connectivity index (χ1) is 17.9. The van der Waals surface area contributed by atoms with E-state index >= 15 is 0 Å². The van der Waals surface area contributed by atoms with Gasteiger partial charge in [0.25, 0.3) is 20.2 Å². The number of hydrogen-bond donors (Lipinski definition) is 5. The zero-order valence-corrected chi connectivity index (χ0v) is 22.3. The molecule has 0 heterocycles. The minimum atomic E-state index is -4.53. The van der Waals surface area contributed by atoms with Crippen LogP contribution in [0.15, 0.2) is 94.7 Å². The monoisotopic (exact) mass is 553 g/mol. The molecule has 0 unspecified atom stereocenters. The summed E-state index contributed by atoms with van der Waals surface area (Å²) in [5.74, 6) is 0. The van der Waals surface area contributed by atoms with Gasteiger partial charge in [0.1, 0.15) is 4.90 Å². The van der Waals surface area contributed by atoms with E-state index in [0.717, 1.165) is 16.8 Å². The molecule has 0 aliphatic heterocycles. The smallest absolute Gasteiger partial charge is 0.296 e. The number of hydrogen-bond acceptors (Lipinski definition) is 7. The highest BCUT2D eigenvalue weighted by Gasteiger charge is 2.18. The Morgan fingerprint density at radius 3 is 1.79 bits per heavy atom. The highest BCUT2D eigenvalue weighted by molar-refractivity contribution is 7.86. The quantitative estimate of drug-likeness (QED) is 0.167. The van der Waals surface area contributed by atoms with Gasteiger partial charge in [-0.05, 0) is 90.7 Å². The molecule has 4 rings (SSSR count). The molecule has 0 saturated heterocycles. The minimum absolute atomic E-state index is 0.121. The van der Waals surface area contributed by atoms with Crippen LogP contribution in [-0.2, 0) is 26.7 Å². The predicted octanol–water partition coefficient (Wildman–Crippen LogP) is 5.61. The van der Waals surface area contributed by atoms with Gasteiger partial charge < -0.3 is 16.0 Å². The van der Waals surface area contributed by atoms with Crippen LogP contribution in [0.2, 0.25) is 0 Å². The van der Waals surface area contributed by atoms with Crippen molar-refractivity contribution in [3.63, 3.8) is 0 Å². The molecule has 4 aromatic rings. The average Bonchev–Trinajstić information content (AvgIpc) is 2.86. The van der Waals surface area contributed by atoms with Crippen LogP contribution < -0.4 is 16.0 Å². The van der Waals surface area contributed by atoms with E-state index in [0.29, 0.717) is 22.6 Å². The molecule has 9 nitrogen and oxygen atoms in total. The molecular weight excluding hydrogens is 526 g/mol. The molecule has 0 atom stereocenters. The predicted molar refractivity (Wildman–Crippen MR) is 149 cm³/mol. The summed E-state index contributed by atoms with van der Waals surface area (Å²) < 4.78 is 67.2. The van der Waals surface area contributed by atoms with E-state index in [1.54, 1.807) is 74.6 Å². The fourth-order valence-corrected chi connectivity index (χ4v) is 5.41. The molecule has 0 saturated carbocycles. The lowest BCUT2D eigenvalue weighted by Gasteiger charge is -2.14. The first kappa shape index (κ1) is 27.1. The summed E-state index contributed by atoms with van der Waals surface area (Å²) in [6, 6.07) is 23.8. The molecule has 11 heteroatoms. The van der Waals surface area contributed by atoms with Crippen LogP contribution in [0.4, 0.5) is 28.4 Å². The van der Waals surface area contributed by atoms with Crippen LogP contribution in [0.3, 0.4) is 0 Å². The lowest BCUT2D eigenvalue weighted by molar-refractivity contribution is 0.480. The van der Waals surface area contributed by atoms with Gasteiger partial charge in [0.2, 0.25) is 0 Å². The van der Waals surface area contributed by atoms with Crippen molar-refractivity contribution in [2.45, 2.75) is 23.1 Å². The molecule has 0 aliphatic rings. The zero-order chi connectivity index (χ0) is 27.5. The van der Waals surface area contributed by atoms with Crippen LogP contribution in [0, 0.1) is 6.92 Å². The molecule has 0 radical (unpaired) electrons. The van der Waals surface area contributed by atoms with E-state index in [9.17, 15) is 25.9 Å². The Morgan fingerprint density at radius 1 is 0.632 bits per heavy atom. The number of nitrogens with one attached hydrogen (secondary N) is 3. The summed E-state index contributed by atoms with van der Waals surface area (Å²) in [5.41, 5.74) is 4.86. The van der Waals surface area contributed by atoms with E-state index in [-0.39, 0.29) is 21.9 Å². The van der Waals surface area contributed by atoms with Crippen molar-refractivity contribution in [1.29, 1.82) is 0 Å². The van der Waals surface area contributed by atoms with Crippen molar-refractivity contribution in [3.05, 3.63) is 102 Å². The van der Waals surface area contributed by atoms with Crippen LogP contribution in [0.25, 0.3) is 0 Å². The van der Waals surface area contributed by atoms with Crippen molar-refractivity contribution in [3.8, 4) is 0 Å². The number of benzene rings is 4. The van der Waals surface area contributed by atoms with Crippen molar-refractivity contribution in [2.24, 2.45) is 0 Å². The van der Waals surface area contributed by atoms with E-state index in [4.69, 9.17) is 0 Å². The van der Waals surface area contributed by atoms with Crippen molar-refractivity contribution in [2.75, 3.05) is 23.0 Å². The first-order valence-electron chi connectivity index (χ1n) is 11.5. The Balaban J connectivity index is 1.53. The van der Waals surface area contributed by atoms with Crippen LogP contribution in [0.5, 0.6) is 0 Å². The molecule has 38 heavy (non-hydrogen) atoms. The number of rotatable bonds is 9. The molecule has 0 spiro atoms. The van der Waals surface area contributed by atoms with Gasteiger partial charge in [-0.25, -0.2) is 0 Å². The van der Waals surface area contributed by atoms with Gasteiger partial charge >= 0.3 is 0 Å². The van der Waals surface area contributed by atoms with Gasteiger partial charge in [0.05, 0.1) is 10.6 Å². The van der Waals surface area contributed by atoms with Crippen LogP contribution >= 0.6 is 0 Å². The second-order valence-electron chi connectivity index (χ2n) is 8.72. The third-order valence-corrected chi connectivity index (χ3v) is 7.68. The summed E-state index contributed by atoms with van der Waals surface area (Å²) in [6.45, 7) is 1.75. The van der Waals surface area contributed by atoms with Gasteiger partial charge in [0, 0.05) is 29.8 Å². The second-order valence-corrected chi connectivity index (χ2v) is 11.5. The number of anilines is 5. The molecule has 0 aliphatic carbocycles. The number of aryl methyl sites for hydroxylation is 1. The molecule has 198 valence electrons. The summed E-state index contributed by atoms with van der Waals surface area (Å²) in [6.07, 6.45) is 0.290. The highest BCUT2D eigenvalue weighted by Crippen LogP contribution is 2.30. The standard InChI is InChI=1S/C27H27N3O6S2/c1-18-3-6-20(26(15-18)37(31,32)33)16-19-4-7-22(8-5-19)29-24-13-14-25(27(17-24)38(34,35)36)30-23-11-9-21(28-2)10-12-23/h3-15,17,28-30H,16H2,1-2H3,(H,31,32,33)(H,34,35,36). The third-order valence-electron chi connectivity index (χ3n) is 5.85. The average molecular weight is 554 g/mol. The van der Waals surface area contributed by atoms with Gasteiger partial charge in [0.15, 0.2) is 0 Å². The minimum Gasteiger partial charge on any atom is -0.388 e. The summed E-state index contributed by atoms with van der Waals surface area (Å²) in [7, 11) is -7.09. The maximum absolute atomic E-state index is 12.1. The Labute approximate surface area is 222 Å². The SMILES string of the molecule is CNc1ccc(Nc2ccc(Nc3ccc(Cc4ccc(C)cc4S(=O)(=O)O)cc3)cc2S(=O)(=O)O)cc1. The summed E-state index contributed by atoms with van der Waals surface area (Å²) >= 11 is 0. The fourth-order valence-electron chi connectivity index (χ4n) is 3.93. The topological polar surface area (TPSA) is 145 Å². The summed E-state index contributed by atoms with van der Waals surface area (Å²) in [5, 5.41) is 9.13. The molecule has 0 bridgehead atoms. The first-order valence-corrected chi connectivity index (χ1v) is 14.4. The highest BCUT2D eigenvalue weighted by atomic mass is 32.2. The summed E-state index contributed by atoms with van der Waals surface area (Å²) in [4.78, 5) is -0.405. The van der Waals surface area contributed by atoms with E-state index in [1.807, 2.05) is 12.1 Å². The van der Waals surface area contributed by atoms with Crippen LogP contribution in [0.1, 0.15) is 16.7 Å². The van der Waals surface area contributed by atoms with E-state index < -0.39 is 20.2 Å². The van der Waals surface area contributed by atoms with Gasteiger partial charge in [-0.2, -0.15) is 16.8 Å².